The lowest BCUT2D eigenvalue weighted by atomic mass is 9.79. The molecule has 0 radical (unpaired) electrons. The topological polar surface area (TPSA) is 6.48 Å². The van der Waals surface area contributed by atoms with Gasteiger partial charge in [0.2, 0.25) is 0 Å². The maximum Gasteiger partial charge on any atom is 0.0347 e. The molecule has 2 fully saturated rings. The largest absolute Gasteiger partial charge is 0.331 e. The summed E-state index contributed by atoms with van der Waals surface area (Å²) in [6, 6.07) is 2.68. The highest BCUT2D eigenvalue weighted by atomic mass is 127. The van der Waals surface area contributed by atoms with E-state index in [0.717, 1.165) is 13.1 Å². The molecule has 2 aliphatic heterocycles. The summed E-state index contributed by atoms with van der Waals surface area (Å²) in [5.74, 6) is 0. The molecule has 2 saturated heterocycles. The molecule has 1 spiro atoms. The van der Waals surface area contributed by atoms with Crippen LogP contribution in [-0.2, 0) is 0 Å². The number of hydrogen-bond acceptors (Lipinski definition) is 2. The molecule has 0 unspecified atom stereocenters. The first kappa shape index (κ1) is 7.69. The van der Waals surface area contributed by atoms with Crippen molar-refractivity contribution in [2.45, 2.75) is 6.42 Å². The van der Waals surface area contributed by atoms with Gasteiger partial charge in [-0.1, -0.05) is 6.42 Å². The molecule has 2 rings (SSSR count). The van der Waals surface area contributed by atoms with Crippen molar-refractivity contribution < 1.29 is 0 Å². The lowest BCUT2D eigenvalue weighted by Gasteiger charge is -2.45. The monoisotopic (exact) mass is 262 g/mol. The Kier molecular flexibility index (Phi) is 1.77. The van der Waals surface area contributed by atoms with Gasteiger partial charge in [-0.2, -0.15) is 0 Å². The first-order chi connectivity index (χ1) is 5.24. The number of nitrogens with zero attached hydrogens (tertiary/aromatic N) is 2. The summed E-state index contributed by atoms with van der Waals surface area (Å²) in [5.41, 5.74) is 0.563. The molecule has 0 saturated carbocycles. The van der Waals surface area contributed by atoms with Crippen LogP contribution in [0.3, 0.4) is 0 Å². The molecule has 2 nitrogen and oxygen atoms in total. The molecule has 0 aromatic carbocycles. The number of likely N-dealkylation sites (tertiary alicyclic amines) is 1. The standard InChI is InChI=1S/C8H11IN2/c1-2-10-5-8(6-10)3-4-11(9)7-8/h1H,3-7H2. The minimum atomic E-state index is 0.563. The lowest BCUT2D eigenvalue weighted by molar-refractivity contribution is 0.0665. The molecule has 0 aromatic heterocycles. The smallest absolute Gasteiger partial charge is 0.0347 e. The normalized spacial score (nSPS) is 28.5. The summed E-state index contributed by atoms with van der Waals surface area (Å²) >= 11 is 2.40. The van der Waals surface area contributed by atoms with E-state index in [4.69, 9.17) is 6.42 Å². The van der Waals surface area contributed by atoms with Crippen LogP contribution < -0.4 is 0 Å². The summed E-state index contributed by atoms with van der Waals surface area (Å²) in [4.78, 5) is 2.07. The van der Waals surface area contributed by atoms with Crippen LogP contribution >= 0.6 is 22.9 Å². The van der Waals surface area contributed by atoms with Gasteiger partial charge in [0.25, 0.3) is 0 Å². The summed E-state index contributed by atoms with van der Waals surface area (Å²) in [6.45, 7) is 4.69. The fourth-order valence-corrected chi connectivity index (χ4v) is 2.96. The summed E-state index contributed by atoms with van der Waals surface area (Å²) in [7, 11) is 0. The first-order valence-electron chi connectivity index (χ1n) is 3.86. The molecular weight excluding hydrogens is 251 g/mol. The molecular formula is C8H11IN2. The zero-order valence-corrected chi connectivity index (χ0v) is 8.54. The minimum absolute atomic E-state index is 0.563. The van der Waals surface area contributed by atoms with Crippen molar-refractivity contribution in [2.75, 3.05) is 26.2 Å². The van der Waals surface area contributed by atoms with Crippen LogP contribution in [0.25, 0.3) is 0 Å². The van der Waals surface area contributed by atoms with E-state index in [1.165, 1.54) is 19.5 Å². The van der Waals surface area contributed by atoms with Crippen molar-refractivity contribution in [1.29, 1.82) is 0 Å². The quantitative estimate of drug-likeness (QED) is 0.364. The third-order valence-electron chi connectivity index (χ3n) is 2.63. The van der Waals surface area contributed by atoms with Crippen LogP contribution in [0.2, 0.25) is 0 Å². The highest BCUT2D eigenvalue weighted by Crippen LogP contribution is 2.39. The van der Waals surface area contributed by atoms with Gasteiger partial charge in [0.05, 0.1) is 0 Å². The summed E-state index contributed by atoms with van der Waals surface area (Å²) < 4.78 is 2.37. The van der Waals surface area contributed by atoms with Gasteiger partial charge in [0, 0.05) is 60.5 Å². The highest BCUT2D eigenvalue weighted by molar-refractivity contribution is 14.1. The molecule has 0 atom stereocenters. The van der Waals surface area contributed by atoms with E-state index >= 15 is 0 Å². The predicted molar refractivity (Wildman–Crippen MR) is 53.0 cm³/mol. The number of terminal acetylenes is 1. The summed E-state index contributed by atoms with van der Waals surface area (Å²) in [6.07, 6.45) is 6.61. The molecule has 0 aliphatic carbocycles. The second-order valence-corrected chi connectivity index (χ2v) is 4.94. The number of rotatable bonds is 0. The van der Waals surface area contributed by atoms with Gasteiger partial charge in [-0.3, -0.25) is 0 Å². The van der Waals surface area contributed by atoms with Crippen LogP contribution in [0.15, 0.2) is 0 Å². The second kappa shape index (κ2) is 2.53. The van der Waals surface area contributed by atoms with Crippen LogP contribution in [0.5, 0.6) is 0 Å². The Morgan fingerprint density at radius 1 is 1.36 bits per heavy atom. The Morgan fingerprint density at radius 3 is 2.55 bits per heavy atom. The van der Waals surface area contributed by atoms with Gasteiger partial charge in [-0.15, -0.1) is 0 Å². The molecule has 3 heteroatoms. The maximum absolute atomic E-state index is 5.28. The SMILES string of the molecule is C#CN1CC2(CCN(I)C2)C1. The number of halogens is 1. The van der Waals surface area contributed by atoms with Crippen LogP contribution in [0, 0.1) is 17.9 Å². The van der Waals surface area contributed by atoms with Crippen LogP contribution in [0.4, 0.5) is 0 Å². The third kappa shape index (κ3) is 1.23. The van der Waals surface area contributed by atoms with Gasteiger partial charge in [0.15, 0.2) is 0 Å². The summed E-state index contributed by atoms with van der Waals surface area (Å²) in [5, 5.41) is 0. The Hall–Kier alpha value is 0.0500. The zero-order valence-electron chi connectivity index (χ0n) is 6.39. The van der Waals surface area contributed by atoms with E-state index in [0.29, 0.717) is 5.41 Å². The van der Waals surface area contributed by atoms with Crippen molar-refractivity contribution in [3.63, 3.8) is 0 Å². The minimum Gasteiger partial charge on any atom is -0.331 e. The molecule has 2 aliphatic rings. The molecule has 11 heavy (non-hydrogen) atoms. The molecule has 60 valence electrons. The molecule has 2 heterocycles. The van der Waals surface area contributed by atoms with Gasteiger partial charge < -0.3 is 4.90 Å². The van der Waals surface area contributed by atoms with Gasteiger partial charge in [-0.25, -0.2) is 3.11 Å². The second-order valence-electron chi connectivity index (χ2n) is 3.58. The first-order valence-corrected chi connectivity index (χ1v) is 4.83. The highest BCUT2D eigenvalue weighted by Gasteiger charge is 2.46. The average molecular weight is 262 g/mol. The van der Waals surface area contributed by atoms with Gasteiger partial charge in [0.1, 0.15) is 0 Å². The fraction of sp³-hybridized carbons (Fsp3) is 0.750. The van der Waals surface area contributed by atoms with E-state index in [1.54, 1.807) is 0 Å². The fourth-order valence-electron chi connectivity index (χ4n) is 1.99. The van der Waals surface area contributed by atoms with Crippen LogP contribution in [0.1, 0.15) is 6.42 Å². The van der Waals surface area contributed by atoms with E-state index in [-0.39, 0.29) is 0 Å². The Balaban J connectivity index is 1.93. The maximum atomic E-state index is 5.28. The Morgan fingerprint density at radius 2 is 2.09 bits per heavy atom. The molecule has 0 aromatic rings. The van der Waals surface area contributed by atoms with Gasteiger partial charge >= 0.3 is 0 Å². The van der Waals surface area contributed by atoms with E-state index < -0.39 is 0 Å². The Bertz CT molecular complexity index is 203. The molecule has 0 bridgehead atoms. The van der Waals surface area contributed by atoms with Gasteiger partial charge in [-0.05, 0) is 6.42 Å². The number of hydrogen-bond donors (Lipinski definition) is 0. The van der Waals surface area contributed by atoms with E-state index in [9.17, 15) is 0 Å². The third-order valence-corrected chi connectivity index (χ3v) is 3.45. The lowest BCUT2D eigenvalue weighted by Crippen LogP contribution is -2.54. The average Bonchev–Trinajstić information content (AvgIpc) is 2.28. The van der Waals surface area contributed by atoms with E-state index in [2.05, 4.69) is 36.9 Å². The van der Waals surface area contributed by atoms with Crippen molar-refractivity contribution in [1.82, 2.24) is 8.01 Å². The van der Waals surface area contributed by atoms with Crippen molar-refractivity contribution in [3.05, 3.63) is 0 Å². The van der Waals surface area contributed by atoms with Crippen molar-refractivity contribution in [2.24, 2.45) is 5.41 Å². The zero-order chi connectivity index (χ0) is 7.90. The van der Waals surface area contributed by atoms with Crippen molar-refractivity contribution >= 4 is 22.9 Å². The predicted octanol–water partition coefficient (Wildman–Crippen LogP) is 0.935. The van der Waals surface area contributed by atoms with Crippen LogP contribution in [-0.4, -0.2) is 34.2 Å². The van der Waals surface area contributed by atoms with E-state index in [1.807, 2.05) is 0 Å². The molecule has 0 N–H and O–H groups in total. The van der Waals surface area contributed by atoms with Crippen molar-refractivity contribution in [3.8, 4) is 12.5 Å². The molecule has 0 amide bonds. The Labute approximate surface area is 81.4 Å².